The van der Waals surface area contributed by atoms with Crippen molar-refractivity contribution >= 4 is 17.3 Å². The number of amides is 1. The van der Waals surface area contributed by atoms with Crippen molar-refractivity contribution in [3.63, 3.8) is 0 Å². The van der Waals surface area contributed by atoms with Crippen molar-refractivity contribution in [3.8, 4) is 0 Å². The molecule has 1 aromatic rings. The van der Waals surface area contributed by atoms with Gasteiger partial charge in [0.05, 0.1) is 4.92 Å². The van der Waals surface area contributed by atoms with Gasteiger partial charge in [-0.25, -0.2) is 0 Å². The third-order valence-electron chi connectivity index (χ3n) is 2.38. The van der Waals surface area contributed by atoms with Crippen molar-refractivity contribution in [3.05, 3.63) is 58.7 Å². The van der Waals surface area contributed by atoms with Crippen molar-refractivity contribution in [2.75, 3.05) is 18.4 Å². The van der Waals surface area contributed by atoms with Gasteiger partial charge in [-0.05, 0) is 19.1 Å². The molecule has 1 amide bonds. The molecule has 2 N–H and O–H groups in total. The molecule has 6 nitrogen and oxygen atoms in total. The van der Waals surface area contributed by atoms with Crippen LogP contribution in [0.2, 0.25) is 0 Å². The number of hydrogen-bond acceptors (Lipinski definition) is 4. The molecule has 0 fully saturated rings. The van der Waals surface area contributed by atoms with Crippen LogP contribution >= 0.6 is 0 Å². The largest absolute Gasteiger partial charge is 0.383 e. The van der Waals surface area contributed by atoms with Gasteiger partial charge < -0.3 is 10.6 Å². The van der Waals surface area contributed by atoms with Gasteiger partial charge in [-0.1, -0.05) is 18.2 Å². The second kappa shape index (κ2) is 8.47. The van der Waals surface area contributed by atoms with Gasteiger partial charge in [0.2, 0.25) is 5.91 Å². The van der Waals surface area contributed by atoms with E-state index in [2.05, 4.69) is 10.6 Å². The summed E-state index contributed by atoms with van der Waals surface area (Å²) >= 11 is 0. The Hall–Kier alpha value is -2.63. The minimum absolute atomic E-state index is 0.0537. The average molecular weight is 275 g/mol. The number of anilines is 1. The van der Waals surface area contributed by atoms with Crippen molar-refractivity contribution in [1.82, 2.24) is 5.32 Å². The minimum Gasteiger partial charge on any atom is -0.383 e. The Bertz CT molecular complexity index is 507. The molecule has 6 heteroatoms. The number of benzene rings is 1. The Balaban J connectivity index is 2.27. The van der Waals surface area contributed by atoms with Crippen LogP contribution in [-0.2, 0) is 4.79 Å². The molecule has 0 saturated heterocycles. The molecular weight excluding hydrogens is 258 g/mol. The van der Waals surface area contributed by atoms with Gasteiger partial charge in [0.1, 0.15) is 0 Å². The van der Waals surface area contributed by atoms with Gasteiger partial charge in [-0.3, -0.25) is 14.9 Å². The SMILES string of the molecule is C/C=C/C=C/C(=O)NCCNc1ccc([N+](=O)[O-])cc1. The maximum atomic E-state index is 11.3. The molecule has 0 aliphatic carbocycles. The lowest BCUT2D eigenvalue weighted by Gasteiger charge is -2.06. The lowest BCUT2D eigenvalue weighted by Crippen LogP contribution is -2.27. The number of carbonyl (C=O) groups is 1. The zero-order valence-corrected chi connectivity index (χ0v) is 11.2. The summed E-state index contributed by atoms with van der Waals surface area (Å²) in [5.41, 5.74) is 0.826. The van der Waals surface area contributed by atoms with Crippen LogP contribution in [0.15, 0.2) is 48.6 Å². The summed E-state index contributed by atoms with van der Waals surface area (Å²) in [5.74, 6) is -0.159. The lowest BCUT2D eigenvalue weighted by atomic mass is 10.3. The highest BCUT2D eigenvalue weighted by atomic mass is 16.6. The monoisotopic (exact) mass is 275 g/mol. The average Bonchev–Trinajstić information content (AvgIpc) is 2.44. The van der Waals surface area contributed by atoms with Gasteiger partial charge in [-0.2, -0.15) is 0 Å². The van der Waals surface area contributed by atoms with Crippen molar-refractivity contribution < 1.29 is 9.72 Å². The van der Waals surface area contributed by atoms with E-state index < -0.39 is 4.92 Å². The highest BCUT2D eigenvalue weighted by molar-refractivity contribution is 5.87. The lowest BCUT2D eigenvalue weighted by molar-refractivity contribution is -0.384. The van der Waals surface area contributed by atoms with E-state index in [1.807, 2.05) is 13.0 Å². The number of carbonyl (C=O) groups excluding carboxylic acids is 1. The van der Waals surface area contributed by atoms with Crippen molar-refractivity contribution in [1.29, 1.82) is 0 Å². The molecule has 0 aromatic heterocycles. The van der Waals surface area contributed by atoms with E-state index in [0.717, 1.165) is 5.69 Å². The predicted octanol–water partition coefficient (Wildman–Crippen LogP) is 2.26. The maximum absolute atomic E-state index is 11.3. The number of nitro groups is 1. The van der Waals surface area contributed by atoms with Crippen LogP contribution < -0.4 is 10.6 Å². The van der Waals surface area contributed by atoms with Gasteiger partial charge in [0.15, 0.2) is 0 Å². The number of nitrogens with one attached hydrogen (secondary N) is 2. The quantitative estimate of drug-likeness (QED) is 0.263. The van der Waals surface area contributed by atoms with E-state index in [9.17, 15) is 14.9 Å². The Morgan fingerprint density at radius 2 is 1.95 bits per heavy atom. The Kier molecular flexibility index (Phi) is 6.53. The fraction of sp³-hybridized carbons (Fsp3) is 0.214. The van der Waals surface area contributed by atoms with Gasteiger partial charge in [0, 0.05) is 37.0 Å². The highest BCUT2D eigenvalue weighted by Crippen LogP contribution is 2.14. The fourth-order valence-corrected chi connectivity index (χ4v) is 1.41. The first-order valence-electron chi connectivity index (χ1n) is 6.19. The molecule has 0 radical (unpaired) electrons. The molecule has 0 unspecified atom stereocenters. The first-order chi connectivity index (χ1) is 9.63. The van der Waals surface area contributed by atoms with E-state index in [-0.39, 0.29) is 11.6 Å². The smallest absolute Gasteiger partial charge is 0.269 e. The van der Waals surface area contributed by atoms with Gasteiger partial charge >= 0.3 is 0 Å². The number of non-ortho nitro benzene ring substituents is 1. The van der Waals surface area contributed by atoms with Crippen LogP contribution in [0.5, 0.6) is 0 Å². The summed E-state index contributed by atoms with van der Waals surface area (Å²) in [5, 5.41) is 16.3. The van der Waals surface area contributed by atoms with E-state index in [1.165, 1.54) is 18.2 Å². The van der Waals surface area contributed by atoms with Crippen molar-refractivity contribution in [2.45, 2.75) is 6.92 Å². The number of allylic oxidation sites excluding steroid dienone is 3. The zero-order valence-electron chi connectivity index (χ0n) is 11.2. The Labute approximate surface area is 117 Å². The Morgan fingerprint density at radius 1 is 1.25 bits per heavy atom. The normalized spacial score (nSPS) is 10.8. The summed E-state index contributed by atoms with van der Waals surface area (Å²) in [6.45, 7) is 2.88. The first-order valence-corrected chi connectivity index (χ1v) is 6.19. The summed E-state index contributed by atoms with van der Waals surface area (Å²) in [4.78, 5) is 21.4. The van der Waals surface area contributed by atoms with E-state index in [0.29, 0.717) is 13.1 Å². The second-order valence-electron chi connectivity index (χ2n) is 3.91. The van der Waals surface area contributed by atoms with Crippen LogP contribution in [0.1, 0.15) is 6.92 Å². The van der Waals surface area contributed by atoms with Crippen LogP contribution in [-0.4, -0.2) is 23.9 Å². The predicted molar refractivity (Wildman–Crippen MR) is 78.5 cm³/mol. The number of rotatable bonds is 7. The van der Waals surface area contributed by atoms with Crippen LogP contribution in [0.25, 0.3) is 0 Å². The van der Waals surface area contributed by atoms with Gasteiger partial charge in [0.25, 0.3) is 5.69 Å². The maximum Gasteiger partial charge on any atom is 0.269 e. The molecule has 0 saturated carbocycles. The van der Waals surface area contributed by atoms with Gasteiger partial charge in [-0.15, -0.1) is 0 Å². The van der Waals surface area contributed by atoms with Crippen molar-refractivity contribution in [2.24, 2.45) is 0 Å². The molecule has 0 atom stereocenters. The number of nitrogens with zero attached hydrogens (tertiary/aromatic N) is 1. The number of nitro benzene ring substituents is 1. The van der Waals surface area contributed by atoms with E-state index in [4.69, 9.17) is 0 Å². The Morgan fingerprint density at radius 3 is 2.55 bits per heavy atom. The van der Waals surface area contributed by atoms with Crippen LogP contribution in [0, 0.1) is 10.1 Å². The molecule has 1 rings (SSSR count). The standard InChI is InChI=1S/C14H17N3O3/c1-2-3-4-5-14(18)16-11-10-15-12-6-8-13(9-7-12)17(19)20/h2-9,15H,10-11H2,1H3,(H,16,18)/b3-2+,5-4+. The summed E-state index contributed by atoms with van der Waals surface area (Å²) in [6, 6.07) is 6.12. The highest BCUT2D eigenvalue weighted by Gasteiger charge is 2.03. The first kappa shape index (κ1) is 15.4. The third-order valence-corrected chi connectivity index (χ3v) is 2.38. The molecular formula is C14H17N3O3. The topological polar surface area (TPSA) is 84.3 Å². The zero-order chi connectivity index (χ0) is 14.8. The fourth-order valence-electron chi connectivity index (χ4n) is 1.41. The summed E-state index contributed by atoms with van der Waals surface area (Å²) in [7, 11) is 0. The van der Waals surface area contributed by atoms with Crippen LogP contribution in [0.3, 0.4) is 0 Å². The molecule has 106 valence electrons. The third kappa shape index (κ3) is 5.81. The summed E-state index contributed by atoms with van der Waals surface area (Å²) in [6.07, 6.45) is 6.72. The molecule has 0 spiro atoms. The van der Waals surface area contributed by atoms with E-state index in [1.54, 1.807) is 24.3 Å². The van der Waals surface area contributed by atoms with E-state index >= 15 is 0 Å². The molecule has 20 heavy (non-hydrogen) atoms. The molecule has 0 heterocycles. The molecule has 1 aromatic carbocycles. The second-order valence-corrected chi connectivity index (χ2v) is 3.91. The van der Waals surface area contributed by atoms with Crippen LogP contribution in [0.4, 0.5) is 11.4 Å². The summed E-state index contributed by atoms with van der Waals surface area (Å²) < 4.78 is 0. The number of hydrogen-bond donors (Lipinski definition) is 2. The minimum atomic E-state index is -0.443. The molecule has 0 aliphatic rings. The molecule has 0 aliphatic heterocycles. The molecule has 0 bridgehead atoms.